The second kappa shape index (κ2) is 10.1. The number of amides is 1. The lowest BCUT2D eigenvalue weighted by molar-refractivity contribution is -0.137. The summed E-state index contributed by atoms with van der Waals surface area (Å²) in [6, 6.07) is 19.4. The SMILES string of the molecule is O=C(O)CC1c2ccc3c(c2)CN(CC3)C(=O)c2cccc(c2)OC/C=C/CCn2nnc3ccc1cc32. The maximum absolute atomic E-state index is 13.4. The van der Waals surface area contributed by atoms with Gasteiger partial charge in [0, 0.05) is 31.1 Å². The molecule has 4 aromatic rings. The van der Waals surface area contributed by atoms with E-state index in [1.165, 1.54) is 5.56 Å². The van der Waals surface area contributed by atoms with Gasteiger partial charge in [-0.1, -0.05) is 47.7 Å². The number of rotatable bonds is 2. The monoisotopic (exact) mass is 508 g/mol. The molecule has 192 valence electrons. The van der Waals surface area contributed by atoms with Crippen LogP contribution in [0.5, 0.6) is 5.75 Å². The third-order valence-electron chi connectivity index (χ3n) is 7.35. The van der Waals surface area contributed by atoms with Gasteiger partial charge < -0.3 is 14.7 Å². The van der Waals surface area contributed by atoms with E-state index < -0.39 is 5.97 Å². The van der Waals surface area contributed by atoms with Gasteiger partial charge in [0.25, 0.3) is 5.91 Å². The number of carboxylic acid groups (broad SMARTS) is 1. The quantitative estimate of drug-likeness (QED) is 0.398. The molecule has 38 heavy (non-hydrogen) atoms. The van der Waals surface area contributed by atoms with E-state index in [1.54, 1.807) is 6.07 Å². The van der Waals surface area contributed by atoms with Gasteiger partial charge in [-0.25, -0.2) is 4.68 Å². The third-order valence-corrected chi connectivity index (χ3v) is 7.35. The Bertz CT molecular complexity index is 1560. The van der Waals surface area contributed by atoms with Crippen LogP contribution in [-0.2, 0) is 24.3 Å². The van der Waals surface area contributed by atoms with Gasteiger partial charge in [0.15, 0.2) is 0 Å². The van der Waals surface area contributed by atoms with Gasteiger partial charge in [0.05, 0.1) is 11.9 Å². The van der Waals surface area contributed by atoms with E-state index in [1.807, 2.05) is 64.2 Å². The first-order chi connectivity index (χ1) is 18.5. The third kappa shape index (κ3) is 4.77. The minimum atomic E-state index is -0.863. The van der Waals surface area contributed by atoms with Crippen molar-refractivity contribution in [2.24, 2.45) is 0 Å². The molecule has 8 heteroatoms. The fraction of sp³-hybridized carbons (Fsp3) is 0.267. The first-order valence-electron chi connectivity index (χ1n) is 12.9. The number of hydrogen-bond donors (Lipinski definition) is 1. The predicted octanol–water partition coefficient (Wildman–Crippen LogP) is 4.58. The number of carbonyl (C=O) groups excluding carboxylic acids is 1. The molecule has 8 nitrogen and oxygen atoms in total. The molecule has 1 amide bonds. The summed E-state index contributed by atoms with van der Waals surface area (Å²) in [5.41, 5.74) is 6.32. The van der Waals surface area contributed by atoms with Gasteiger partial charge >= 0.3 is 5.97 Å². The predicted molar refractivity (Wildman–Crippen MR) is 142 cm³/mol. The summed E-state index contributed by atoms with van der Waals surface area (Å²) in [7, 11) is 0. The van der Waals surface area contributed by atoms with Gasteiger partial charge in [-0.2, -0.15) is 0 Å². The second-order valence-corrected chi connectivity index (χ2v) is 9.81. The molecule has 3 aromatic carbocycles. The molecule has 1 N–H and O–H groups in total. The molecule has 2 aliphatic heterocycles. The molecule has 2 aliphatic rings. The number of carbonyl (C=O) groups is 2. The number of nitrogens with zero attached hydrogens (tertiary/aromatic N) is 4. The number of fused-ring (bicyclic) bond motifs is 5. The maximum Gasteiger partial charge on any atom is 0.304 e. The number of carboxylic acids is 1. The first kappa shape index (κ1) is 23.9. The van der Waals surface area contributed by atoms with E-state index in [2.05, 4.69) is 22.4 Å². The van der Waals surface area contributed by atoms with Gasteiger partial charge in [-0.05, 0) is 65.4 Å². The number of allylic oxidation sites excluding steroid dienone is 1. The van der Waals surface area contributed by atoms with Crippen LogP contribution in [0.2, 0.25) is 0 Å². The lowest BCUT2D eigenvalue weighted by Crippen LogP contribution is -2.36. The molecule has 1 aromatic heterocycles. The van der Waals surface area contributed by atoms with Crippen LogP contribution in [0.1, 0.15) is 51.4 Å². The normalized spacial score (nSPS) is 18.4. The van der Waals surface area contributed by atoms with Crippen molar-refractivity contribution >= 4 is 22.9 Å². The second-order valence-electron chi connectivity index (χ2n) is 9.81. The highest BCUT2D eigenvalue weighted by Crippen LogP contribution is 2.33. The molecular weight excluding hydrogens is 480 g/mol. The van der Waals surface area contributed by atoms with Crippen LogP contribution in [-0.4, -0.2) is 50.0 Å². The highest BCUT2D eigenvalue weighted by molar-refractivity contribution is 5.94. The topological polar surface area (TPSA) is 97.6 Å². The van der Waals surface area contributed by atoms with Crippen molar-refractivity contribution in [1.82, 2.24) is 19.9 Å². The fourth-order valence-corrected chi connectivity index (χ4v) is 5.36. The molecule has 6 rings (SSSR count). The van der Waals surface area contributed by atoms with Crippen molar-refractivity contribution in [2.75, 3.05) is 13.2 Å². The van der Waals surface area contributed by atoms with E-state index in [0.717, 1.165) is 40.6 Å². The molecule has 0 radical (unpaired) electrons. The van der Waals surface area contributed by atoms with E-state index in [-0.39, 0.29) is 18.2 Å². The number of aromatic nitrogens is 3. The van der Waals surface area contributed by atoms with Gasteiger partial charge in [0.2, 0.25) is 0 Å². The highest BCUT2D eigenvalue weighted by atomic mass is 16.5. The molecule has 0 fully saturated rings. The van der Waals surface area contributed by atoms with Gasteiger partial charge in [-0.15, -0.1) is 5.10 Å². The summed E-state index contributed by atoms with van der Waals surface area (Å²) in [6.07, 6.45) is 5.45. The molecule has 3 heterocycles. The first-order valence-corrected chi connectivity index (χ1v) is 12.9. The molecule has 0 spiro atoms. The Morgan fingerprint density at radius 3 is 2.76 bits per heavy atom. The molecular formula is C30H28N4O4. The zero-order chi connectivity index (χ0) is 26.1. The summed E-state index contributed by atoms with van der Waals surface area (Å²) in [5.74, 6) is -0.584. The number of aryl methyl sites for hydroxylation is 1. The minimum Gasteiger partial charge on any atom is -0.490 e. The lowest BCUT2D eigenvalue weighted by atomic mass is 9.85. The summed E-state index contributed by atoms with van der Waals surface area (Å²) < 4.78 is 7.74. The van der Waals surface area contributed by atoms with E-state index in [9.17, 15) is 14.7 Å². The Labute approximate surface area is 220 Å². The molecule has 7 bridgehead atoms. The Morgan fingerprint density at radius 1 is 1.00 bits per heavy atom. The van der Waals surface area contributed by atoms with Crippen molar-refractivity contribution in [3.8, 4) is 5.75 Å². The van der Waals surface area contributed by atoms with Crippen LogP contribution < -0.4 is 4.74 Å². The Hall–Kier alpha value is -4.46. The van der Waals surface area contributed by atoms with Crippen LogP contribution in [0.25, 0.3) is 11.0 Å². The summed E-state index contributed by atoms with van der Waals surface area (Å²) in [6.45, 7) is 2.14. The smallest absolute Gasteiger partial charge is 0.304 e. The minimum absolute atomic E-state index is 0.0373. The largest absolute Gasteiger partial charge is 0.490 e. The van der Waals surface area contributed by atoms with Crippen LogP contribution >= 0.6 is 0 Å². The zero-order valence-electron chi connectivity index (χ0n) is 20.9. The summed E-state index contributed by atoms with van der Waals surface area (Å²) >= 11 is 0. The fourth-order valence-electron chi connectivity index (χ4n) is 5.36. The van der Waals surface area contributed by atoms with E-state index >= 15 is 0 Å². The van der Waals surface area contributed by atoms with Crippen molar-refractivity contribution < 1.29 is 19.4 Å². The molecule has 0 saturated carbocycles. The van der Waals surface area contributed by atoms with Gasteiger partial charge in [-0.3, -0.25) is 9.59 Å². The molecule has 1 unspecified atom stereocenters. The average Bonchev–Trinajstić information content (AvgIpc) is 3.34. The summed E-state index contributed by atoms with van der Waals surface area (Å²) in [5, 5.41) is 18.4. The van der Waals surface area contributed by atoms with Crippen LogP contribution in [0.4, 0.5) is 0 Å². The number of ether oxygens (including phenoxy) is 1. The zero-order valence-corrected chi connectivity index (χ0v) is 20.9. The van der Waals surface area contributed by atoms with Crippen LogP contribution in [0.3, 0.4) is 0 Å². The molecule has 0 saturated heterocycles. The van der Waals surface area contributed by atoms with Crippen LogP contribution in [0, 0.1) is 0 Å². The number of hydrogen-bond acceptors (Lipinski definition) is 5. The Balaban J connectivity index is 1.43. The Kier molecular flexibility index (Phi) is 6.37. The molecule has 1 atom stereocenters. The molecule has 0 aliphatic carbocycles. The van der Waals surface area contributed by atoms with Crippen molar-refractivity contribution in [2.45, 2.75) is 38.3 Å². The lowest BCUT2D eigenvalue weighted by Gasteiger charge is -2.30. The van der Waals surface area contributed by atoms with E-state index in [4.69, 9.17) is 4.74 Å². The average molecular weight is 509 g/mol. The van der Waals surface area contributed by atoms with Crippen molar-refractivity contribution in [3.05, 3.63) is 101 Å². The van der Waals surface area contributed by atoms with Gasteiger partial charge in [0.1, 0.15) is 17.9 Å². The highest BCUT2D eigenvalue weighted by Gasteiger charge is 2.25. The maximum atomic E-state index is 13.4. The summed E-state index contributed by atoms with van der Waals surface area (Å²) in [4.78, 5) is 27.2. The van der Waals surface area contributed by atoms with Crippen molar-refractivity contribution in [1.29, 1.82) is 0 Å². The van der Waals surface area contributed by atoms with E-state index in [0.29, 0.717) is 37.6 Å². The number of aliphatic carboxylic acids is 1. The number of benzene rings is 3. The van der Waals surface area contributed by atoms with Crippen molar-refractivity contribution in [3.63, 3.8) is 0 Å². The standard InChI is InChI=1S/C30H28N4O4/c35-29(36)18-26-21-8-7-20-11-13-33(19-24(20)15-21)30(37)23-5-4-6-25(16-23)38-14-3-1-2-12-34-28-17-22(26)9-10-27(28)31-32-34/h1,3-10,15-17,26H,2,11-14,18-19H2,(H,35,36)/b3-1+. The van der Waals surface area contributed by atoms with Crippen LogP contribution in [0.15, 0.2) is 72.8 Å². The Morgan fingerprint density at radius 2 is 1.87 bits per heavy atom.